The average Bonchev–Trinajstić information content (AvgIpc) is 3.71. The Balaban J connectivity index is 0.994. The van der Waals surface area contributed by atoms with E-state index in [9.17, 15) is 0 Å². The second kappa shape index (κ2) is 15.2. The third-order valence-electron chi connectivity index (χ3n) is 12.2. The normalized spacial score (nSPS) is 11.5. The number of para-hydroxylation sites is 3. The molecule has 0 N–H and O–H groups in total. The molecule has 12 rings (SSSR count). The van der Waals surface area contributed by atoms with Gasteiger partial charge in [0.15, 0.2) is 5.82 Å². The summed E-state index contributed by atoms with van der Waals surface area (Å²) in [5, 5.41) is 5.94. The maximum absolute atomic E-state index is 5.49. The molecule has 0 atom stereocenters. The Hall–Kier alpha value is -8.47. The molecule has 4 nitrogen and oxygen atoms in total. The van der Waals surface area contributed by atoms with Crippen LogP contribution in [0, 0.1) is 0 Å². The van der Waals surface area contributed by atoms with Gasteiger partial charge >= 0.3 is 0 Å². The van der Waals surface area contributed by atoms with E-state index >= 15 is 0 Å². The summed E-state index contributed by atoms with van der Waals surface area (Å²) in [7, 11) is 0. The van der Waals surface area contributed by atoms with Crippen LogP contribution >= 0.6 is 0 Å². The van der Waals surface area contributed by atoms with E-state index < -0.39 is 0 Å². The minimum atomic E-state index is 0.683. The summed E-state index contributed by atoms with van der Waals surface area (Å²) in [6, 6.07) is 81.4. The van der Waals surface area contributed by atoms with Crippen LogP contribution in [0.1, 0.15) is 0 Å². The number of hydrogen-bond acceptors (Lipinski definition) is 3. The zero-order chi connectivity index (χ0) is 41.7. The van der Waals surface area contributed by atoms with E-state index in [0.717, 1.165) is 72.4 Å². The summed E-state index contributed by atoms with van der Waals surface area (Å²) in [6.45, 7) is 0. The van der Waals surface area contributed by atoms with Crippen LogP contribution < -0.4 is 0 Å². The monoisotopic (exact) mass is 802 g/mol. The fourth-order valence-electron chi connectivity index (χ4n) is 9.27. The highest BCUT2D eigenvalue weighted by molar-refractivity contribution is 6.19. The van der Waals surface area contributed by atoms with Gasteiger partial charge in [0.1, 0.15) is 0 Å². The fraction of sp³-hybridized carbons (Fsp3) is 0. The van der Waals surface area contributed by atoms with Crippen LogP contribution in [0.5, 0.6) is 0 Å². The summed E-state index contributed by atoms with van der Waals surface area (Å²) >= 11 is 0. The van der Waals surface area contributed by atoms with Crippen molar-refractivity contribution in [2.75, 3.05) is 0 Å². The molecule has 0 saturated heterocycles. The van der Waals surface area contributed by atoms with Gasteiger partial charge in [-0.3, -0.25) is 0 Å². The van der Waals surface area contributed by atoms with Crippen molar-refractivity contribution >= 4 is 43.5 Å². The molecule has 0 fully saturated rings. The Labute approximate surface area is 365 Å². The zero-order valence-electron chi connectivity index (χ0n) is 34.2. The average molecular weight is 803 g/mol. The number of benzene rings is 9. The Morgan fingerprint density at radius 1 is 0.302 bits per heavy atom. The van der Waals surface area contributed by atoms with Gasteiger partial charge in [-0.05, 0) is 47.0 Å². The molecule has 12 aromatic rings. The van der Waals surface area contributed by atoms with Gasteiger partial charge < -0.3 is 4.57 Å². The molecule has 63 heavy (non-hydrogen) atoms. The molecule has 0 amide bonds. The van der Waals surface area contributed by atoms with E-state index in [1.807, 2.05) is 18.2 Å². The molecule has 0 aliphatic carbocycles. The molecule has 4 heteroatoms. The first kappa shape index (κ1) is 36.4. The van der Waals surface area contributed by atoms with Gasteiger partial charge in [-0.1, -0.05) is 200 Å². The molecule has 0 bridgehead atoms. The molecule has 3 heterocycles. The lowest BCUT2D eigenvalue weighted by Crippen LogP contribution is -1.98. The van der Waals surface area contributed by atoms with Crippen LogP contribution in [0.3, 0.4) is 0 Å². The zero-order valence-corrected chi connectivity index (χ0v) is 34.2. The Morgan fingerprint density at radius 3 is 1.48 bits per heavy atom. The minimum absolute atomic E-state index is 0.683. The summed E-state index contributed by atoms with van der Waals surface area (Å²) in [5.74, 6) is 0.683. The molecular weight excluding hydrogens is 765 g/mol. The highest BCUT2D eigenvalue weighted by atomic mass is 15.0. The van der Waals surface area contributed by atoms with E-state index in [1.54, 1.807) is 0 Å². The lowest BCUT2D eigenvalue weighted by atomic mass is 9.91. The lowest BCUT2D eigenvalue weighted by Gasteiger charge is -2.16. The van der Waals surface area contributed by atoms with Crippen LogP contribution in [-0.2, 0) is 0 Å². The van der Waals surface area contributed by atoms with Crippen molar-refractivity contribution in [3.8, 4) is 73.1 Å². The predicted molar refractivity (Wildman–Crippen MR) is 262 cm³/mol. The number of hydrogen-bond donors (Lipinski definition) is 0. The van der Waals surface area contributed by atoms with Crippen LogP contribution in [0.25, 0.3) is 117 Å². The number of pyridine rings is 1. The van der Waals surface area contributed by atoms with E-state index in [0.29, 0.717) is 5.82 Å². The van der Waals surface area contributed by atoms with Gasteiger partial charge in [-0.2, -0.15) is 0 Å². The molecule has 0 spiro atoms. The third kappa shape index (κ3) is 6.36. The summed E-state index contributed by atoms with van der Waals surface area (Å²) < 4.78 is 2.35. The number of rotatable bonds is 7. The van der Waals surface area contributed by atoms with Gasteiger partial charge in [0.25, 0.3) is 0 Å². The Bertz CT molecular complexity index is 3600. The minimum Gasteiger partial charge on any atom is -0.309 e. The first-order valence-corrected chi connectivity index (χ1v) is 21.4. The van der Waals surface area contributed by atoms with Crippen LogP contribution in [0.4, 0.5) is 0 Å². The smallest absolute Gasteiger partial charge is 0.160 e. The quantitative estimate of drug-likeness (QED) is 0.151. The number of fused-ring (bicyclic) bond motifs is 6. The topological polar surface area (TPSA) is 43.6 Å². The van der Waals surface area contributed by atoms with Gasteiger partial charge in [-0.25, -0.2) is 15.0 Å². The van der Waals surface area contributed by atoms with Crippen molar-refractivity contribution in [1.29, 1.82) is 0 Å². The molecule has 0 unspecified atom stereocenters. The Kier molecular flexibility index (Phi) is 8.79. The standard InChI is InChI=1S/C59H38N4/c1-4-17-39(18-5-1)46-27-15-29-50-56(46)51-30-16-28-47(58(51)62-57(50)42-19-6-2-7-20-42)40-33-35-41(36-34-40)52-38-53(61-59(60-52)43-21-8-3-9-22-43)44-23-14-24-45(37-44)63-54-31-12-10-25-48(54)49-26-11-13-32-55(49)63/h1-38H. The molecule has 3 aromatic heterocycles. The van der Waals surface area contributed by atoms with E-state index in [4.69, 9.17) is 15.0 Å². The largest absolute Gasteiger partial charge is 0.309 e. The van der Waals surface area contributed by atoms with Gasteiger partial charge in [-0.15, -0.1) is 0 Å². The SMILES string of the molecule is c1ccc(-c2nc(-c3ccc(-c4cccc5c4nc(-c4ccccc4)c4cccc(-c6ccccc6)c45)cc3)cc(-c3cccc(-n4c5ccccc5c5ccccc54)c3)n2)cc1. The van der Waals surface area contributed by atoms with Crippen molar-refractivity contribution in [3.63, 3.8) is 0 Å². The summed E-state index contributed by atoms with van der Waals surface area (Å²) in [5.41, 5.74) is 15.7. The van der Waals surface area contributed by atoms with E-state index in [1.165, 1.54) is 38.3 Å². The molecule has 9 aromatic carbocycles. The van der Waals surface area contributed by atoms with E-state index in [-0.39, 0.29) is 0 Å². The van der Waals surface area contributed by atoms with Crippen LogP contribution in [0.2, 0.25) is 0 Å². The second-order valence-corrected chi connectivity index (χ2v) is 15.9. The first-order chi connectivity index (χ1) is 31.2. The predicted octanol–water partition coefficient (Wildman–Crippen LogP) is 15.3. The highest BCUT2D eigenvalue weighted by Crippen LogP contribution is 2.42. The molecule has 294 valence electrons. The van der Waals surface area contributed by atoms with E-state index in [2.05, 4.69) is 217 Å². The van der Waals surface area contributed by atoms with Gasteiger partial charge in [0.05, 0.1) is 33.6 Å². The maximum Gasteiger partial charge on any atom is 0.160 e. The van der Waals surface area contributed by atoms with Crippen LogP contribution in [0.15, 0.2) is 231 Å². The second-order valence-electron chi connectivity index (χ2n) is 15.9. The fourth-order valence-corrected chi connectivity index (χ4v) is 9.27. The summed E-state index contributed by atoms with van der Waals surface area (Å²) in [4.78, 5) is 15.9. The van der Waals surface area contributed by atoms with Gasteiger partial charge in [0, 0.05) is 60.4 Å². The maximum atomic E-state index is 5.49. The molecule has 0 saturated carbocycles. The lowest BCUT2D eigenvalue weighted by molar-refractivity contribution is 1.16. The molecule has 0 aliphatic heterocycles. The number of aromatic nitrogens is 4. The van der Waals surface area contributed by atoms with Crippen LogP contribution in [-0.4, -0.2) is 19.5 Å². The van der Waals surface area contributed by atoms with Gasteiger partial charge in [0.2, 0.25) is 0 Å². The number of nitrogens with zero attached hydrogens (tertiary/aromatic N) is 4. The van der Waals surface area contributed by atoms with Crippen molar-refractivity contribution in [2.45, 2.75) is 0 Å². The van der Waals surface area contributed by atoms with Crippen molar-refractivity contribution in [1.82, 2.24) is 19.5 Å². The third-order valence-corrected chi connectivity index (χ3v) is 12.2. The van der Waals surface area contributed by atoms with Crippen molar-refractivity contribution in [3.05, 3.63) is 231 Å². The first-order valence-electron chi connectivity index (χ1n) is 21.4. The molecular formula is C59H38N4. The highest BCUT2D eigenvalue weighted by Gasteiger charge is 2.18. The molecule has 0 radical (unpaired) electrons. The van der Waals surface area contributed by atoms with Crippen molar-refractivity contribution in [2.24, 2.45) is 0 Å². The Morgan fingerprint density at radius 2 is 0.794 bits per heavy atom. The molecule has 0 aliphatic rings. The van der Waals surface area contributed by atoms with Crippen molar-refractivity contribution < 1.29 is 0 Å². The summed E-state index contributed by atoms with van der Waals surface area (Å²) in [6.07, 6.45) is 0.